The second-order valence-corrected chi connectivity index (χ2v) is 5.69. The Hall–Kier alpha value is -0.110. The SMILES string of the molecule is CC(C)(CC(O)CC=O)OSI.c1ccccc1. The number of carbonyl (C=O) groups excluding carboxylic acids is 1. The molecule has 0 amide bonds. The van der Waals surface area contributed by atoms with Gasteiger partial charge in [0, 0.05) is 34.0 Å². The topological polar surface area (TPSA) is 46.5 Å². The second-order valence-electron chi connectivity index (χ2n) is 4.32. The Balaban J connectivity index is 0.000000397. The molecule has 0 saturated heterocycles. The van der Waals surface area contributed by atoms with Crippen molar-refractivity contribution in [2.24, 2.45) is 0 Å². The van der Waals surface area contributed by atoms with Gasteiger partial charge in [-0.3, -0.25) is 4.18 Å². The van der Waals surface area contributed by atoms with E-state index in [2.05, 4.69) is 0 Å². The largest absolute Gasteiger partial charge is 0.393 e. The third-order valence-electron chi connectivity index (χ3n) is 2.02. The highest BCUT2D eigenvalue weighted by Crippen LogP contribution is 2.27. The van der Waals surface area contributed by atoms with Crippen LogP contribution in [-0.2, 0) is 8.98 Å². The molecular formula is C13H19IO3S. The van der Waals surface area contributed by atoms with Gasteiger partial charge in [-0.1, -0.05) is 36.4 Å². The summed E-state index contributed by atoms with van der Waals surface area (Å²) >= 11 is 2.02. The molecule has 0 aromatic heterocycles. The number of rotatable bonds is 6. The van der Waals surface area contributed by atoms with Crippen LogP contribution in [0.3, 0.4) is 0 Å². The van der Waals surface area contributed by atoms with Gasteiger partial charge in [0.15, 0.2) is 0 Å². The fourth-order valence-corrected chi connectivity index (χ4v) is 2.96. The summed E-state index contributed by atoms with van der Waals surface area (Å²) in [4.78, 5) is 10.1. The van der Waals surface area contributed by atoms with Gasteiger partial charge in [0.25, 0.3) is 0 Å². The van der Waals surface area contributed by atoms with E-state index in [4.69, 9.17) is 4.18 Å². The van der Waals surface area contributed by atoms with E-state index in [1.165, 1.54) is 9.21 Å². The van der Waals surface area contributed by atoms with Crippen molar-refractivity contribution >= 4 is 36.7 Å². The molecule has 18 heavy (non-hydrogen) atoms. The minimum atomic E-state index is -0.596. The van der Waals surface area contributed by atoms with Crippen molar-refractivity contribution < 1.29 is 14.1 Å². The van der Waals surface area contributed by atoms with Crippen LogP contribution in [0.1, 0.15) is 26.7 Å². The van der Waals surface area contributed by atoms with Gasteiger partial charge < -0.3 is 9.90 Å². The molecule has 1 aromatic rings. The molecule has 0 aliphatic carbocycles. The average molecular weight is 382 g/mol. The molecule has 1 aromatic carbocycles. The molecular weight excluding hydrogens is 363 g/mol. The molecule has 1 N–H and O–H groups in total. The summed E-state index contributed by atoms with van der Waals surface area (Å²) in [5, 5.41) is 9.29. The Labute approximate surface area is 125 Å². The van der Waals surface area contributed by atoms with Gasteiger partial charge in [-0.05, 0) is 13.8 Å². The molecule has 1 unspecified atom stereocenters. The van der Waals surface area contributed by atoms with Crippen molar-refractivity contribution in [3.63, 3.8) is 0 Å². The first kappa shape index (κ1) is 17.9. The predicted octanol–water partition coefficient (Wildman–Crippen LogP) is 3.81. The maximum absolute atomic E-state index is 10.1. The summed E-state index contributed by atoms with van der Waals surface area (Å²) in [5.41, 5.74) is -0.381. The predicted molar refractivity (Wildman–Crippen MR) is 84.5 cm³/mol. The summed E-state index contributed by atoms with van der Waals surface area (Å²) in [6.45, 7) is 3.76. The van der Waals surface area contributed by atoms with Crippen LogP contribution in [0.5, 0.6) is 0 Å². The molecule has 0 radical (unpaired) electrons. The number of aliphatic hydroxyl groups excluding tert-OH is 1. The molecule has 1 atom stereocenters. The van der Waals surface area contributed by atoms with Crippen LogP contribution in [0.15, 0.2) is 36.4 Å². The number of hydrogen-bond donors (Lipinski definition) is 1. The third-order valence-corrected chi connectivity index (χ3v) is 3.07. The van der Waals surface area contributed by atoms with E-state index < -0.39 is 6.10 Å². The molecule has 0 bridgehead atoms. The van der Waals surface area contributed by atoms with Crippen molar-refractivity contribution in [1.82, 2.24) is 0 Å². The summed E-state index contributed by atoms with van der Waals surface area (Å²) in [7, 11) is 1.24. The first-order valence-corrected chi connectivity index (χ1v) is 8.88. The second kappa shape index (κ2) is 10.8. The van der Waals surface area contributed by atoms with E-state index in [-0.39, 0.29) is 12.0 Å². The third kappa shape index (κ3) is 11.0. The zero-order valence-electron chi connectivity index (χ0n) is 10.6. The zero-order valence-corrected chi connectivity index (χ0v) is 13.6. The van der Waals surface area contributed by atoms with Gasteiger partial charge >= 0.3 is 0 Å². The maximum atomic E-state index is 10.1. The molecule has 1 rings (SSSR count). The van der Waals surface area contributed by atoms with E-state index in [1.54, 1.807) is 0 Å². The van der Waals surface area contributed by atoms with Crippen LogP contribution in [-0.4, -0.2) is 23.1 Å². The number of carbonyl (C=O) groups is 1. The van der Waals surface area contributed by atoms with Gasteiger partial charge in [-0.2, -0.15) is 0 Å². The molecule has 0 saturated carbocycles. The highest BCUT2D eigenvalue weighted by atomic mass is 127. The minimum Gasteiger partial charge on any atom is -0.393 e. The van der Waals surface area contributed by atoms with Crippen LogP contribution in [0.25, 0.3) is 0 Å². The van der Waals surface area contributed by atoms with Crippen LogP contribution in [0.2, 0.25) is 0 Å². The Morgan fingerprint density at radius 2 is 1.72 bits per heavy atom. The lowest BCUT2D eigenvalue weighted by molar-refractivity contribution is -0.110. The van der Waals surface area contributed by atoms with Crippen molar-refractivity contribution in [1.29, 1.82) is 0 Å². The molecule has 0 fully saturated rings. The Bertz CT molecular complexity index is 280. The van der Waals surface area contributed by atoms with Gasteiger partial charge in [-0.15, -0.1) is 0 Å². The van der Waals surface area contributed by atoms with E-state index >= 15 is 0 Å². The molecule has 0 aliphatic heterocycles. The Morgan fingerprint density at radius 3 is 2.06 bits per heavy atom. The van der Waals surface area contributed by atoms with Gasteiger partial charge in [0.2, 0.25) is 0 Å². The van der Waals surface area contributed by atoms with Crippen LogP contribution < -0.4 is 0 Å². The summed E-state index contributed by atoms with van der Waals surface area (Å²) in [6, 6.07) is 12.0. The monoisotopic (exact) mass is 382 g/mol. The van der Waals surface area contributed by atoms with Crippen LogP contribution >= 0.6 is 30.4 Å². The lowest BCUT2D eigenvalue weighted by Gasteiger charge is -2.24. The highest BCUT2D eigenvalue weighted by Gasteiger charge is 2.23. The lowest BCUT2D eigenvalue weighted by atomic mass is 10.00. The quantitative estimate of drug-likeness (QED) is 0.462. The summed E-state index contributed by atoms with van der Waals surface area (Å²) in [5.74, 6) is 0. The van der Waals surface area contributed by atoms with Crippen molar-refractivity contribution in [2.75, 3.05) is 0 Å². The number of aldehydes is 1. The van der Waals surface area contributed by atoms with Gasteiger partial charge in [-0.25, -0.2) is 0 Å². The first-order chi connectivity index (χ1) is 8.52. The fourth-order valence-electron chi connectivity index (χ4n) is 1.27. The van der Waals surface area contributed by atoms with Crippen LogP contribution in [0, 0.1) is 0 Å². The standard InChI is InChI=1S/C7H13IO3S.C6H6/c1-7(2,11-12-8)5-6(10)3-4-9;1-2-4-6-5-3-1/h4,6,10H,3,5H2,1-2H3;1-6H. The number of benzene rings is 1. The Kier molecular flexibility index (Phi) is 10.7. The number of aliphatic hydroxyl groups is 1. The number of halogens is 1. The molecule has 0 aliphatic rings. The van der Waals surface area contributed by atoms with Crippen molar-refractivity contribution in [3.05, 3.63) is 36.4 Å². The van der Waals surface area contributed by atoms with Crippen LogP contribution in [0.4, 0.5) is 0 Å². The van der Waals surface area contributed by atoms with Gasteiger partial charge in [0.1, 0.15) is 6.29 Å². The maximum Gasteiger partial charge on any atom is 0.122 e. The number of hydrogen-bond acceptors (Lipinski definition) is 4. The molecule has 0 spiro atoms. The summed E-state index contributed by atoms with van der Waals surface area (Å²) < 4.78 is 5.27. The van der Waals surface area contributed by atoms with E-state index in [0.29, 0.717) is 6.42 Å². The zero-order chi connectivity index (χ0) is 13.9. The average Bonchev–Trinajstić information content (AvgIpc) is 2.31. The minimum absolute atomic E-state index is 0.179. The van der Waals surface area contributed by atoms with E-state index in [1.807, 2.05) is 71.5 Å². The van der Waals surface area contributed by atoms with Gasteiger partial charge in [0.05, 0.1) is 20.9 Å². The normalized spacial score (nSPS) is 12.2. The van der Waals surface area contributed by atoms with E-state index in [9.17, 15) is 9.90 Å². The smallest absolute Gasteiger partial charge is 0.122 e. The van der Waals surface area contributed by atoms with E-state index in [0.717, 1.165) is 6.29 Å². The molecule has 0 heterocycles. The lowest BCUT2D eigenvalue weighted by Crippen LogP contribution is -2.27. The molecule has 3 nitrogen and oxygen atoms in total. The molecule has 5 heteroatoms. The first-order valence-electron chi connectivity index (χ1n) is 5.60. The Morgan fingerprint density at radius 1 is 1.28 bits per heavy atom. The fraction of sp³-hybridized carbons (Fsp3) is 0.462. The summed E-state index contributed by atoms with van der Waals surface area (Å²) in [6.07, 6.45) is 0.777. The highest BCUT2D eigenvalue weighted by molar-refractivity contribution is 14.2. The van der Waals surface area contributed by atoms with Crippen molar-refractivity contribution in [2.45, 2.75) is 38.4 Å². The van der Waals surface area contributed by atoms with Crippen molar-refractivity contribution in [3.8, 4) is 0 Å². The molecule has 102 valence electrons.